The van der Waals surface area contributed by atoms with E-state index < -0.39 is 11.8 Å². The van der Waals surface area contributed by atoms with Gasteiger partial charge in [-0.3, -0.25) is 9.59 Å². The Labute approximate surface area is 156 Å². The molecule has 0 saturated carbocycles. The average molecular weight is 358 g/mol. The molecule has 0 radical (unpaired) electrons. The Kier molecular flexibility index (Phi) is 4.38. The number of carbonyl (C=O) groups is 2. The Hall–Kier alpha value is -3.54. The van der Waals surface area contributed by atoms with Gasteiger partial charge in [-0.15, -0.1) is 0 Å². The van der Waals surface area contributed by atoms with Crippen molar-refractivity contribution in [2.24, 2.45) is 0 Å². The van der Waals surface area contributed by atoms with Gasteiger partial charge in [0.2, 0.25) is 0 Å². The number of nitrogens with one attached hydrogen (secondary N) is 1. The van der Waals surface area contributed by atoms with Crippen LogP contribution in [0.1, 0.15) is 11.4 Å². The van der Waals surface area contributed by atoms with E-state index in [-0.39, 0.29) is 0 Å². The Morgan fingerprint density at radius 1 is 1.07 bits per heavy atom. The van der Waals surface area contributed by atoms with Crippen LogP contribution in [0.25, 0.3) is 11.3 Å². The molecule has 0 atom stereocenters. The van der Waals surface area contributed by atoms with Gasteiger partial charge < -0.3 is 10.2 Å². The lowest BCUT2D eigenvalue weighted by Gasteiger charge is -2.16. The molecule has 0 saturated heterocycles. The van der Waals surface area contributed by atoms with E-state index >= 15 is 0 Å². The molecule has 27 heavy (non-hydrogen) atoms. The number of aromatic nitrogens is 2. The van der Waals surface area contributed by atoms with Gasteiger partial charge in [0.1, 0.15) is 5.82 Å². The first kappa shape index (κ1) is 16.9. The first-order chi connectivity index (χ1) is 13.1. The predicted octanol–water partition coefficient (Wildman–Crippen LogP) is 2.98. The summed E-state index contributed by atoms with van der Waals surface area (Å²) in [6.45, 7) is 2.34. The van der Waals surface area contributed by atoms with Gasteiger partial charge in [0.05, 0.1) is 5.69 Å². The lowest BCUT2D eigenvalue weighted by molar-refractivity contribution is -0.134. The molecule has 134 valence electrons. The van der Waals surface area contributed by atoms with Crippen LogP contribution in [0.4, 0.5) is 11.4 Å². The van der Waals surface area contributed by atoms with E-state index in [0.717, 1.165) is 28.9 Å². The number of aryl methyl sites for hydroxylation is 1. The lowest BCUT2D eigenvalue weighted by Crippen LogP contribution is -2.38. The second-order valence-corrected chi connectivity index (χ2v) is 6.36. The van der Waals surface area contributed by atoms with Crippen molar-refractivity contribution < 1.29 is 9.59 Å². The van der Waals surface area contributed by atoms with Gasteiger partial charge >= 0.3 is 11.8 Å². The van der Waals surface area contributed by atoms with Crippen molar-refractivity contribution in [3.8, 4) is 11.3 Å². The molecule has 0 spiro atoms. The summed E-state index contributed by atoms with van der Waals surface area (Å²) < 4.78 is 0. The minimum absolute atomic E-state index is 0.520. The predicted molar refractivity (Wildman–Crippen MR) is 103 cm³/mol. The molecule has 0 fully saturated rings. The molecule has 1 aliphatic rings. The molecule has 3 aromatic rings. The van der Waals surface area contributed by atoms with Crippen LogP contribution in [-0.4, -0.2) is 28.3 Å². The summed E-state index contributed by atoms with van der Waals surface area (Å²) in [5.41, 5.74) is 4.05. The molecule has 2 amide bonds. The van der Waals surface area contributed by atoms with E-state index in [1.54, 1.807) is 24.4 Å². The minimum atomic E-state index is -0.650. The van der Waals surface area contributed by atoms with Crippen LogP contribution < -0.4 is 10.2 Å². The Morgan fingerprint density at radius 2 is 1.93 bits per heavy atom. The standard InChI is InChI=1S/C21H18N4O2/c1-14-22-11-9-18(23-14)16-6-4-7-17(13-16)24-20(26)21(27)25-12-10-15-5-2-3-8-19(15)25/h2-9,11,13H,10,12H2,1H3,(H,24,26). The molecule has 6 nitrogen and oxygen atoms in total. The fraction of sp³-hybridized carbons (Fsp3) is 0.143. The van der Waals surface area contributed by atoms with Crippen LogP contribution >= 0.6 is 0 Å². The van der Waals surface area contributed by atoms with Crippen LogP contribution in [-0.2, 0) is 16.0 Å². The number of hydrogen-bond acceptors (Lipinski definition) is 4. The van der Waals surface area contributed by atoms with E-state index in [9.17, 15) is 9.59 Å². The molecular weight excluding hydrogens is 340 g/mol. The van der Waals surface area contributed by atoms with Gasteiger partial charge in [-0.05, 0) is 43.2 Å². The van der Waals surface area contributed by atoms with Gasteiger partial charge in [-0.25, -0.2) is 9.97 Å². The number of hydrogen-bond donors (Lipinski definition) is 1. The van der Waals surface area contributed by atoms with Crippen molar-refractivity contribution in [1.82, 2.24) is 9.97 Å². The number of carbonyl (C=O) groups excluding carboxylic acids is 2. The number of anilines is 2. The lowest BCUT2D eigenvalue weighted by atomic mass is 10.1. The highest BCUT2D eigenvalue weighted by Crippen LogP contribution is 2.27. The second-order valence-electron chi connectivity index (χ2n) is 6.36. The van der Waals surface area contributed by atoms with Gasteiger partial charge in [0.25, 0.3) is 0 Å². The zero-order chi connectivity index (χ0) is 18.8. The second kappa shape index (κ2) is 6.99. The quantitative estimate of drug-likeness (QED) is 0.715. The normalized spacial score (nSPS) is 12.6. The minimum Gasteiger partial charge on any atom is -0.318 e. The number of fused-ring (bicyclic) bond motifs is 1. The summed E-state index contributed by atoms with van der Waals surface area (Å²) in [4.78, 5) is 35.1. The van der Waals surface area contributed by atoms with Crippen molar-refractivity contribution >= 4 is 23.2 Å². The van der Waals surface area contributed by atoms with Crippen LogP contribution in [0.15, 0.2) is 60.8 Å². The maximum Gasteiger partial charge on any atom is 0.316 e. The molecule has 1 aromatic heterocycles. The molecule has 1 N–H and O–H groups in total. The summed E-state index contributed by atoms with van der Waals surface area (Å²) in [5, 5.41) is 2.70. The zero-order valence-corrected chi connectivity index (χ0v) is 14.8. The van der Waals surface area contributed by atoms with E-state index in [1.165, 1.54) is 4.90 Å². The Bertz CT molecular complexity index is 1030. The Morgan fingerprint density at radius 3 is 2.78 bits per heavy atom. The van der Waals surface area contributed by atoms with E-state index in [2.05, 4.69) is 15.3 Å². The fourth-order valence-corrected chi connectivity index (χ4v) is 3.23. The van der Waals surface area contributed by atoms with E-state index in [1.807, 2.05) is 43.3 Å². The summed E-state index contributed by atoms with van der Waals surface area (Å²) in [6, 6.07) is 16.7. The molecule has 0 aliphatic carbocycles. The van der Waals surface area contributed by atoms with E-state index in [4.69, 9.17) is 0 Å². The highest BCUT2D eigenvalue weighted by Gasteiger charge is 2.28. The zero-order valence-electron chi connectivity index (χ0n) is 14.8. The molecular formula is C21H18N4O2. The molecule has 0 bridgehead atoms. The number of benzene rings is 2. The molecule has 6 heteroatoms. The van der Waals surface area contributed by atoms with Crippen molar-refractivity contribution in [3.05, 3.63) is 72.2 Å². The van der Waals surface area contributed by atoms with Gasteiger partial charge in [0, 0.05) is 29.7 Å². The first-order valence-electron chi connectivity index (χ1n) is 8.72. The Balaban J connectivity index is 1.52. The third kappa shape index (κ3) is 3.42. The van der Waals surface area contributed by atoms with Crippen LogP contribution in [0.3, 0.4) is 0 Å². The fourth-order valence-electron chi connectivity index (χ4n) is 3.23. The number of nitrogens with zero attached hydrogens (tertiary/aromatic N) is 3. The monoisotopic (exact) mass is 358 g/mol. The van der Waals surface area contributed by atoms with Crippen molar-refractivity contribution in [2.75, 3.05) is 16.8 Å². The van der Waals surface area contributed by atoms with Crippen LogP contribution in [0, 0.1) is 6.92 Å². The molecule has 2 heterocycles. The van der Waals surface area contributed by atoms with Gasteiger partial charge in [-0.1, -0.05) is 30.3 Å². The van der Waals surface area contributed by atoms with Crippen LogP contribution in [0.2, 0.25) is 0 Å². The van der Waals surface area contributed by atoms with Gasteiger partial charge in [0.15, 0.2) is 0 Å². The summed E-state index contributed by atoms with van der Waals surface area (Å²) in [5.74, 6) is -0.532. The topological polar surface area (TPSA) is 75.2 Å². The molecule has 2 aromatic carbocycles. The largest absolute Gasteiger partial charge is 0.318 e. The first-order valence-corrected chi connectivity index (χ1v) is 8.72. The summed E-state index contributed by atoms with van der Waals surface area (Å²) in [7, 11) is 0. The smallest absolute Gasteiger partial charge is 0.316 e. The van der Waals surface area contributed by atoms with Crippen molar-refractivity contribution in [1.29, 1.82) is 0 Å². The molecule has 0 unspecified atom stereocenters. The third-order valence-electron chi connectivity index (χ3n) is 4.52. The number of amides is 2. The maximum atomic E-state index is 12.6. The molecule has 1 aliphatic heterocycles. The summed E-state index contributed by atoms with van der Waals surface area (Å²) >= 11 is 0. The number of rotatable bonds is 2. The molecule has 4 rings (SSSR count). The highest BCUT2D eigenvalue weighted by molar-refractivity contribution is 6.44. The maximum absolute atomic E-state index is 12.6. The third-order valence-corrected chi connectivity index (χ3v) is 4.52. The van der Waals surface area contributed by atoms with Gasteiger partial charge in [-0.2, -0.15) is 0 Å². The SMILES string of the molecule is Cc1nccc(-c2cccc(NC(=O)C(=O)N3CCc4ccccc43)c2)n1. The highest BCUT2D eigenvalue weighted by atomic mass is 16.2. The average Bonchev–Trinajstić information content (AvgIpc) is 3.11. The summed E-state index contributed by atoms with van der Waals surface area (Å²) in [6.07, 6.45) is 2.45. The van der Waals surface area contributed by atoms with E-state index in [0.29, 0.717) is 18.1 Å². The van der Waals surface area contributed by atoms with Crippen molar-refractivity contribution in [2.45, 2.75) is 13.3 Å². The van der Waals surface area contributed by atoms with Crippen molar-refractivity contribution in [3.63, 3.8) is 0 Å². The van der Waals surface area contributed by atoms with Crippen LogP contribution in [0.5, 0.6) is 0 Å². The number of para-hydroxylation sites is 1.